The number of alkyl carbamates (subject to hydrolysis) is 1. The van der Waals surface area contributed by atoms with E-state index in [0.717, 1.165) is 45.5 Å². The third kappa shape index (κ3) is 6.48. The van der Waals surface area contributed by atoms with E-state index in [0.29, 0.717) is 51.3 Å². The first-order chi connectivity index (χ1) is 22.6. The Morgan fingerprint density at radius 2 is 1.59 bits per heavy atom. The number of ether oxygens (including phenoxy) is 3. The van der Waals surface area contributed by atoms with Gasteiger partial charge in [-0.05, 0) is 47.4 Å². The molecule has 46 heavy (non-hydrogen) atoms. The van der Waals surface area contributed by atoms with E-state index in [1.54, 1.807) is 7.11 Å². The molecule has 4 heterocycles. The number of methoxy groups -OCH3 is 1. The van der Waals surface area contributed by atoms with Crippen molar-refractivity contribution in [3.8, 4) is 5.75 Å². The molecule has 3 N–H and O–H groups in total. The lowest BCUT2D eigenvalue weighted by Crippen LogP contribution is -2.36. The molecule has 0 unspecified atom stereocenters. The number of benzene rings is 3. The minimum Gasteiger partial charge on any atom is -0.497 e. The number of fused-ring (bicyclic) bond motifs is 2. The highest BCUT2D eigenvalue weighted by Gasteiger charge is 2.27. The highest BCUT2D eigenvalue weighted by molar-refractivity contribution is 5.84. The first-order valence-corrected chi connectivity index (χ1v) is 15.8. The first-order valence-electron chi connectivity index (χ1n) is 15.8. The molecule has 3 aromatic heterocycles. The number of aromatic amines is 2. The molecule has 10 nitrogen and oxygen atoms in total. The molecule has 0 spiro atoms. The minimum atomic E-state index is -0.487. The molecule has 3 aromatic carbocycles. The van der Waals surface area contributed by atoms with Crippen LogP contribution in [0.3, 0.4) is 0 Å². The summed E-state index contributed by atoms with van der Waals surface area (Å²) in [6.45, 7) is 1.72. The molecule has 7 rings (SSSR count). The van der Waals surface area contributed by atoms with Gasteiger partial charge in [0.1, 0.15) is 17.7 Å². The van der Waals surface area contributed by atoms with Crippen molar-refractivity contribution < 1.29 is 19.0 Å². The Morgan fingerprint density at radius 1 is 0.913 bits per heavy atom. The summed E-state index contributed by atoms with van der Waals surface area (Å²) in [5, 5.41) is 15.0. The average Bonchev–Trinajstić information content (AvgIpc) is 3.81. The van der Waals surface area contributed by atoms with E-state index >= 15 is 0 Å². The third-order valence-electron chi connectivity index (χ3n) is 8.79. The van der Waals surface area contributed by atoms with Gasteiger partial charge in [-0.2, -0.15) is 0 Å². The molecule has 1 aliphatic heterocycles. The molecule has 1 aliphatic rings. The number of rotatable bonds is 11. The van der Waals surface area contributed by atoms with Crippen molar-refractivity contribution in [1.29, 1.82) is 0 Å². The Balaban J connectivity index is 1.23. The SMILES string of the molecule is COc1ccc(Cn2c(CCc3c[nH]c4ccccc34)nnc2[C@H](Cc2c[nH]c3ccccc23)NC(=O)OC2CCOCC2)cc1. The lowest BCUT2D eigenvalue weighted by Gasteiger charge is -2.24. The van der Waals surface area contributed by atoms with Crippen molar-refractivity contribution in [1.82, 2.24) is 30.0 Å². The summed E-state index contributed by atoms with van der Waals surface area (Å²) >= 11 is 0. The summed E-state index contributed by atoms with van der Waals surface area (Å²) in [7, 11) is 1.66. The first kappa shape index (κ1) is 29.6. The molecular weight excluding hydrogens is 580 g/mol. The predicted molar refractivity (Wildman–Crippen MR) is 176 cm³/mol. The van der Waals surface area contributed by atoms with Crippen LogP contribution in [0.1, 0.15) is 47.2 Å². The number of hydrogen-bond donors (Lipinski definition) is 3. The number of nitrogens with one attached hydrogen (secondary N) is 3. The minimum absolute atomic E-state index is 0.175. The molecule has 0 radical (unpaired) electrons. The monoisotopic (exact) mass is 618 g/mol. The van der Waals surface area contributed by atoms with Gasteiger partial charge in [-0.15, -0.1) is 10.2 Å². The van der Waals surface area contributed by atoms with Crippen LogP contribution in [0.2, 0.25) is 0 Å². The van der Waals surface area contributed by atoms with E-state index in [-0.39, 0.29) is 6.10 Å². The van der Waals surface area contributed by atoms with Crippen LogP contribution in [0.4, 0.5) is 4.79 Å². The van der Waals surface area contributed by atoms with E-state index in [1.807, 2.05) is 48.7 Å². The summed E-state index contributed by atoms with van der Waals surface area (Å²) in [5.41, 5.74) is 5.53. The standard InChI is InChI=1S/C36H38N6O4/c1-44-27-13-10-24(11-14-27)23-42-34(15-12-25-21-37-31-8-4-2-6-29(25)31)40-41-35(42)33(39-36(43)46-28-16-18-45-19-17-28)20-26-22-38-32-9-5-3-7-30(26)32/h2-11,13-14,21-22,28,33,37-38H,12,15-20,23H2,1H3,(H,39,43)/t33-/m0/s1. The van der Waals surface area contributed by atoms with E-state index in [4.69, 9.17) is 24.4 Å². The maximum atomic E-state index is 13.4. The van der Waals surface area contributed by atoms with Gasteiger partial charge in [0.2, 0.25) is 0 Å². The van der Waals surface area contributed by atoms with Gasteiger partial charge in [0.15, 0.2) is 5.82 Å². The maximum absolute atomic E-state index is 13.4. The zero-order valence-electron chi connectivity index (χ0n) is 25.9. The fraction of sp³-hybridized carbons (Fsp3) is 0.306. The number of aryl methyl sites for hydroxylation is 2. The van der Waals surface area contributed by atoms with Crippen LogP contribution in [0.5, 0.6) is 5.75 Å². The van der Waals surface area contributed by atoms with E-state index in [9.17, 15) is 4.79 Å². The normalized spacial score (nSPS) is 14.5. The Kier molecular flexibility index (Phi) is 8.69. The lowest BCUT2D eigenvalue weighted by atomic mass is 10.0. The molecule has 1 fully saturated rings. The quantitative estimate of drug-likeness (QED) is 0.157. The van der Waals surface area contributed by atoms with Gasteiger partial charge in [0.25, 0.3) is 0 Å². The molecule has 236 valence electrons. The smallest absolute Gasteiger partial charge is 0.408 e. The number of hydrogen-bond acceptors (Lipinski definition) is 6. The Morgan fingerprint density at radius 3 is 2.30 bits per heavy atom. The predicted octanol–water partition coefficient (Wildman–Crippen LogP) is 6.27. The van der Waals surface area contributed by atoms with Crippen molar-refractivity contribution >= 4 is 27.9 Å². The summed E-state index contributed by atoms with van der Waals surface area (Å²) in [4.78, 5) is 20.1. The second-order valence-corrected chi connectivity index (χ2v) is 11.7. The molecule has 1 amide bonds. The number of carbonyl (C=O) groups is 1. The van der Waals surface area contributed by atoms with Crippen LogP contribution in [0.25, 0.3) is 21.8 Å². The molecule has 6 aromatic rings. The fourth-order valence-corrected chi connectivity index (χ4v) is 6.31. The number of para-hydroxylation sites is 2. The second kappa shape index (κ2) is 13.5. The average molecular weight is 619 g/mol. The van der Waals surface area contributed by atoms with Gasteiger partial charge in [0.05, 0.1) is 32.9 Å². The number of aromatic nitrogens is 5. The summed E-state index contributed by atoms with van der Waals surface area (Å²) in [5.74, 6) is 2.32. The van der Waals surface area contributed by atoms with E-state index < -0.39 is 12.1 Å². The van der Waals surface area contributed by atoms with Gasteiger partial charge < -0.3 is 34.1 Å². The molecule has 10 heteroatoms. The fourth-order valence-electron chi connectivity index (χ4n) is 6.31. The lowest BCUT2D eigenvalue weighted by molar-refractivity contribution is 0.000663. The molecule has 0 saturated carbocycles. The van der Waals surface area contributed by atoms with Crippen LogP contribution in [0.15, 0.2) is 85.2 Å². The van der Waals surface area contributed by atoms with Crippen molar-refractivity contribution in [3.63, 3.8) is 0 Å². The van der Waals surface area contributed by atoms with Crippen LogP contribution in [0, 0.1) is 0 Å². The van der Waals surface area contributed by atoms with E-state index in [2.05, 4.69) is 56.4 Å². The molecule has 0 aliphatic carbocycles. The Bertz CT molecular complexity index is 1920. The molecule has 0 bridgehead atoms. The van der Waals surface area contributed by atoms with Crippen LogP contribution < -0.4 is 10.1 Å². The number of H-pyrrole nitrogens is 2. The Labute approximate surface area is 267 Å². The molecule has 1 saturated heterocycles. The summed E-state index contributed by atoms with van der Waals surface area (Å²) in [6.07, 6.45) is 6.79. The van der Waals surface area contributed by atoms with Crippen LogP contribution >= 0.6 is 0 Å². The number of carbonyl (C=O) groups excluding carboxylic acids is 1. The summed E-state index contributed by atoms with van der Waals surface area (Å²) in [6, 6.07) is 24.0. The van der Waals surface area contributed by atoms with E-state index in [1.165, 1.54) is 10.9 Å². The summed E-state index contributed by atoms with van der Waals surface area (Å²) < 4.78 is 18.9. The maximum Gasteiger partial charge on any atom is 0.408 e. The highest BCUT2D eigenvalue weighted by atomic mass is 16.6. The second-order valence-electron chi connectivity index (χ2n) is 11.7. The third-order valence-corrected chi connectivity index (χ3v) is 8.79. The van der Waals surface area contributed by atoms with Crippen molar-refractivity contribution in [2.75, 3.05) is 20.3 Å². The number of amides is 1. The Hall–Kier alpha value is -5.09. The van der Waals surface area contributed by atoms with Crippen molar-refractivity contribution in [3.05, 3.63) is 114 Å². The van der Waals surface area contributed by atoms with Crippen LogP contribution in [-0.2, 0) is 35.3 Å². The van der Waals surface area contributed by atoms with Gasteiger partial charge in [0, 0.05) is 59.9 Å². The zero-order chi connectivity index (χ0) is 31.3. The molecule has 1 atom stereocenters. The van der Waals surface area contributed by atoms with Gasteiger partial charge >= 0.3 is 6.09 Å². The zero-order valence-corrected chi connectivity index (χ0v) is 25.9. The topological polar surface area (TPSA) is 119 Å². The number of nitrogens with zero attached hydrogens (tertiary/aromatic N) is 3. The van der Waals surface area contributed by atoms with Crippen molar-refractivity contribution in [2.45, 2.75) is 50.8 Å². The van der Waals surface area contributed by atoms with Crippen LogP contribution in [-0.4, -0.2) is 57.3 Å². The molecular formula is C36H38N6O4. The van der Waals surface area contributed by atoms with Gasteiger partial charge in [-0.25, -0.2) is 4.79 Å². The van der Waals surface area contributed by atoms with Gasteiger partial charge in [-0.1, -0.05) is 48.5 Å². The largest absolute Gasteiger partial charge is 0.497 e. The van der Waals surface area contributed by atoms with Gasteiger partial charge in [-0.3, -0.25) is 0 Å². The van der Waals surface area contributed by atoms with Crippen molar-refractivity contribution in [2.24, 2.45) is 0 Å². The highest BCUT2D eigenvalue weighted by Crippen LogP contribution is 2.27.